The topological polar surface area (TPSA) is 31.6 Å². The molecule has 22 heavy (non-hydrogen) atoms. The molecule has 0 aliphatic carbocycles. The van der Waals surface area contributed by atoms with Crippen LogP contribution in [0.3, 0.4) is 0 Å². The minimum Gasteiger partial charge on any atom is -0.361 e. The molecular weight excluding hydrogens is 336 g/mol. The molecule has 3 aromatic rings. The largest absolute Gasteiger partial charge is 0.361 e. The van der Waals surface area contributed by atoms with E-state index in [-0.39, 0.29) is 5.92 Å². The molecule has 0 spiro atoms. The maximum atomic E-state index is 3.56. The molecule has 0 radical (unpaired) electrons. The molecule has 2 heterocycles. The van der Waals surface area contributed by atoms with Crippen LogP contribution < -0.4 is 0 Å². The van der Waals surface area contributed by atoms with Crippen molar-refractivity contribution in [1.82, 2.24) is 9.97 Å². The van der Waals surface area contributed by atoms with Gasteiger partial charge in [-0.2, -0.15) is 0 Å². The lowest BCUT2D eigenvalue weighted by Gasteiger charge is -2.18. The number of aromatic nitrogens is 2. The van der Waals surface area contributed by atoms with E-state index in [4.69, 9.17) is 0 Å². The number of hydrogen-bond donors (Lipinski definition) is 2. The Morgan fingerprint density at radius 3 is 1.59 bits per heavy atom. The fourth-order valence-corrected chi connectivity index (χ4v) is 3.50. The molecule has 0 bridgehead atoms. The third kappa shape index (κ3) is 2.78. The van der Waals surface area contributed by atoms with Crippen molar-refractivity contribution in [3.8, 4) is 0 Å². The number of halogens is 1. The Bertz CT molecular complexity index is 747. The van der Waals surface area contributed by atoms with Crippen molar-refractivity contribution in [2.75, 3.05) is 0 Å². The summed E-state index contributed by atoms with van der Waals surface area (Å²) >= 11 is 3.53. The minimum absolute atomic E-state index is 0.204. The van der Waals surface area contributed by atoms with Gasteiger partial charge in [-0.3, -0.25) is 0 Å². The number of hydrogen-bond acceptors (Lipinski definition) is 0. The van der Waals surface area contributed by atoms with Gasteiger partial charge in [0.15, 0.2) is 0 Å². The van der Waals surface area contributed by atoms with Crippen LogP contribution in [0.5, 0.6) is 0 Å². The Balaban J connectivity index is 2.20. The summed E-state index contributed by atoms with van der Waals surface area (Å²) in [4.78, 5) is 7.12. The van der Waals surface area contributed by atoms with Gasteiger partial charge in [-0.1, -0.05) is 28.1 Å². The van der Waals surface area contributed by atoms with Gasteiger partial charge in [-0.15, -0.1) is 0 Å². The summed E-state index contributed by atoms with van der Waals surface area (Å²) in [5.41, 5.74) is 8.84. The van der Waals surface area contributed by atoms with Gasteiger partial charge in [0.05, 0.1) is 5.92 Å². The summed E-state index contributed by atoms with van der Waals surface area (Å²) in [6, 6.07) is 13.0. The standard InChI is InChI=1S/C19H21BrN2/c1-11-9-13(3)21-18(11)17(15-5-7-16(20)8-6-15)19-12(2)10-14(4)22-19/h5-10,17,21-22H,1-4H3. The predicted molar refractivity (Wildman–Crippen MR) is 95.6 cm³/mol. The summed E-state index contributed by atoms with van der Waals surface area (Å²) in [6.45, 7) is 8.58. The van der Waals surface area contributed by atoms with E-state index in [0.717, 1.165) is 4.47 Å². The maximum absolute atomic E-state index is 3.56. The third-order valence-electron chi connectivity index (χ3n) is 4.16. The first kappa shape index (κ1) is 15.2. The van der Waals surface area contributed by atoms with Gasteiger partial charge in [0.2, 0.25) is 0 Å². The van der Waals surface area contributed by atoms with Crippen LogP contribution in [0.15, 0.2) is 40.9 Å². The fourth-order valence-electron chi connectivity index (χ4n) is 3.23. The van der Waals surface area contributed by atoms with Crippen LogP contribution in [-0.4, -0.2) is 9.97 Å². The second kappa shape index (κ2) is 5.81. The molecule has 0 fully saturated rings. The average molecular weight is 357 g/mol. The lowest BCUT2D eigenvalue weighted by molar-refractivity contribution is 0.869. The van der Waals surface area contributed by atoms with E-state index in [1.54, 1.807) is 0 Å². The second-order valence-electron chi connectivity index (χ2n) is 6.08. The smallest absolute Gasteiger partial charge is 0.0646 e. The molecule has 0 aliphatic heterocycles. The minimum atomic E-state index is 0.204. The van der Waals surface area contributed by atoms with Gasteiger partial charge in [0, 0.05) is 27.2 Å². The van der Waals surface area contributed by atoms with Crippen molar-refractivity contribution >= 4 is 15.9 Å². The summed E-state index contributed by atoms with van der Waals surface area (Å²) in [5.74, 6) is 0.204. The van der Waals surface area contributed by atoms with E-state index in [9.17, 15) is 0 Å². The molecule has 0 saturated carbocycles. The number of aryl methyl sites for hydroxylation is 4. The van der Waals surface area contributed by atoms with Crippen molar-refractivity contribution < 1.29 is 0 Å². The molecular formula is C19H21BrN2. The molecule has 0 atom stereocenters. The highest BCUT2D eigenvalue weighted by Crippen LogP contribution is 2.35. The summed E-state index contributed by atoms with van der Waals surface area (Å²) in [6.07, 6.45) is 0. The van der Waals surface area contributed by atoms with Crippen LogP contribution in [0.2, 0.25) is 0 Å². The van der Waals surface area contributed by atoms with Crippen molar-refractivity contribution in [2.24, 2.45) is 0 Å². The fraction of sp³-hybridized carbons (Fsp3) is 0.263. The monoisotopic (exact) mass is 356 g/mol. The van der Waals surface area contributed by atoms with E-state index >= 15 is 0 Å². The van der Waals surface area contributed by atoms with E-state index in [1.807, 2.05) is 0 Å². The van der Waals surface area contributed by atoms with Crippen molar-refractivity contribution in [3.63, 3.8) is 0 Å². The second-order valence-corrected chi connectivity index (χ2v) is 7.00. The molecule has 2 N–H and O–H groups in total. The van der Waals surface area contributed by atoms with Crippen LogP contribution >= 0.6 is 15.9 Å². The number of benzene rings is 1. The number of nitrogens with one attached hydrogen (secondary N) is 2. The molecule has 0 aliphatic rings. The van der Waals surface area contributed by atoms with E-state index in [2.05, 4.69) is 90.0 Å². The first-order chi connectivity index (χ1) is 10.5. The number of aromatic amines is 2. The molecule has 114 valence electrons. The van der Waals surface area contributed by atoms with Crippen LogP contribution in [0.1, 0.15) is 45.4 Å². The number of rotatable bonds is 3. The van der Waals surface area contributed by atoms with Gasteiger partial charge in [0.25, 0.3) is 0 Å². The van der Waals surface area contributed by atoms with Gasteiger partial charge in [-0.25, -0.2) is 0 Å². The highest BCUT2D eigenvalue weighted by atomic mass is 79.9. The third-order valence-corrected chi connectivity index (χ3v) is 4.69. The normalized spacial score (nSPS) is 11.4. The highest BCUT2D eigenvalue weighted by molar-refractivity contribution is 9.10. The van der Waals surface area contributed by atoms with Crippen LogP contribution in [0, 0.1) is 27.7 Å². The molecule has 0 amide bonds. The highest BCUT2D eigenvalue weighted by Gasteiger charge is 2.23. The van der Waals surface area contributed by atoms with Crippen LogP contribution in [-0.2, 0) is 0 Å². The first-order valence-corrected chi connectivity index (χ1v) is 8.32. The maximum Gasteiger partial charge on any atom is 0.0646 e. The first-order valence-electron chi connectivity index (χ1n) is 7.53. The van der Waals surface area contributed by atoms with Gasteiger partial charge in [0.1, 0.15) is 0 Å². The quantitative estimate of drug-likeness (QED) is 0.619. The zero-order valence-electron chi connectivity index (χ0n) is 13.4. The Morgan fingerprint density at radius 1 is 0.773 bits per heavy atom. The van der Waals surface area contributed by atoms with Crippen molar-refractivity contribution in [3.05, 3.63) is 80.3 Å². The van der Waals surface area contributed by atoms with E-state index in [1.165, 1.54) is 39.5 Å². The molecule has 2 nitrogen and oxygen atoms in total. The van der Waals surface area contributed by atoms with Crippen molar-refractivity contribution in [2.45, 2.75) is 33.6 Å². The molecule has 0 saturated heterocycles. The van der Waals surface area contributed by atoms with E-state index < -0.39 is 0 Å². The molecule has 2 aromatic heterocycles. The van der Waals surface area contributed by atoms with Gasteiger partial charge < -0.3 is 9.97 Å². The van der Waals surface area contributed by atoms with Crippen molar-refractivity contribution in [1.29, 1.82) is 0 Å². The summed E-state index contributed by atoms with van der Waals surface area (Å²) in [7, 11) is 0. The molecule has 3 rings (SSSR count). The summed E-state index contributed by atoms with van der Waals surface area (Å²) in [5, 5.41) is 0. The average Bonchev–Trinajstić information content (AvgIpc) is 2.95. The van der Waals surface area contributed by atoms with Crippen LogP contribution in [0.4, 0.5) is 0 Å². The lowest BCUT2D eigenvalue weighted by Crippen LogP contribution is -2.07. The Morgan fingerprint density at radius 2 is 1.23 bits per heavy atom. The summed E-state index contributed by atoms with van der Waals surface area (Å²) < 4.78 is 1.11. The molecule has 3 heteroatoms. The SMILES string of the molecule is Cc1cc(C)c(C(c2ccc(Br)cc2)c2[nH]c(C)cc2C)[nH]1. The Kier molecular flexibility index (Phi) is 4.00. The lowest BCUT2D eigenvalue weighted by atomic mass is 9.89. The molecule has 1 aromatic carbocycles. The van der Waals surface area contributed by atoms with E-state index in [0.29, 0.717) is 0 Å². The van der Waals surface area contributed by atoms with Crippen LogP contribution in [0.25, 0.3) is 0 Å². The van der Waals surface area contributed by atoms with Gasteiger partial charge >= 0.3 is 0 Å². The zero-order valence-corrected chi connectivity index (χ0v) is 15.0. The predicted octanol–water partition coefficient (Wildman–Crippen LogP) is 5.52. The zero-order chi connectivity index (χ0) is 15.9. The van der Waals surface area contributed by atoms with Gasteiger partial charge in [-0.05, 0) is 68.7 Å². The Hall–Kier alpha value is -1.74. The molecule has 0 unspecified atom stereocenters. The number of H-pyrrole nitrogens is 2. The Labute approximate surface area is 140 Å².